The van der Waals surface area contributed by atoms with Crippen LogP contribution < -0.4 is 27.2 Å². The summed E-state index contributed by atoms with van der Waals surface area (Å²) in [7, 11) is 0. The molecule has 2 heterocycles. The molecule has 0 aromatic heterocycles. The minimum absolute atomic E-state index is 0.00289. The number of aliphatic imine (C=N–C) groups is 2. The molecule has 0 radical (unpaired) electrons. The lowest BCUT2D eigenvalue weighted by Gasteiger charge is -2.29. The third-order valence-corrected chi connectivity index (χ3v) is 10.7. The molecule has 15 heteroatoms. The predicted molar refractivity (Wildman–Crippen MR) is 208 cm³/mol. The zero-order chi connectivity index (χ0) is 40.2. The molecule has 1 unspecified atom stereocenters. The average molecular weight is 771 g/mol. The van der Waals surface area contributed by atoms with Crippen molar-refractivity contribution in [2.75, 3.05) is 19.7 Å². The number of rotatable bonds is 10. The van der Waals surface area contributed by atoms with E-state index in [9.17, 15) is 34.2 Å². The van der Waals surface area contributed by atoms with E-state index in [1.54, 1.807) is 19.1 Å². The van der Waals surface area contributed by atoms with E-state index in [2.05, 4.69) is 20.6 Å². The molecular formula is C41H52N7O8-. The van der Waals surface area contributed by atoms with Crippen molar-refractivity contribution in [1.29, 1.82) is 0 Å². The number of ether oxygens (including phenoxy) is 1. The monoisotopic (exact) mass is 770 g/mol. The molecule has 2 fully saturated rings. The number of carboxylic acid groups (broad SMARTS) is 1. The highest BCUT2D eigenvalue weighted by atomic mass is 16.6. The van der Waals surface area contributed by atoms with Crippen LogP contribution in [0, 0.1) is 5.92 Å². The van der Waals surface area contributed by atoms with E-state index in [-0.39, 0.29) is 76.5 Å². The van der Waals surface area contributed by atoms with Crippen LogP contribution in [0.25, 0.3) is 11.1 Å². The summed E-state index contributed by atoms with van der Waals surface area (Å²) in [6.07, 6.45) is 4.46. The lowest BCUT2D eigenvalue weighted by molar-refractivity contribution is -0.251. The minimum atomic E-state index is -1.27. The second-order valence-electron chi connectivity index (χ2n) is 14.5. The molecule has 56 heavy (non-hydrogen) atoms. The zero-order valence-electron chi connectivity index (χ0n) is 31.7. The highest BCUT2D eigenvalue weighted by Gasteiger charge is 2.39. The second-order valence-corrected chi connectivity index (χ2v) is 14.5. The fourth-order valence-corrected chi connectivity index (χ4v) is 7.80. The minimum Gasteiger partial charge on any atom is -0.599 e. The van der Waals surface area contributed by atoms with Gasteiger partial charge < -0.3 is 42.0 Å². The normalized spacial score (nSPS) is 24.1. The van der Waals surface area contributed by atoms with Gasteiger partial charge in [-0.05, 0) is 74.1 Å². The average Bonchev–Trinajstić information content (AvgIpc) is 3.80. The first-order valence-corrected chi connectivity index (χ1v) is 19.4. The molecule has 2 aromatic rings. The standard InChI is InChI=1S/C41H53N7O8/c1-2-3-17-31-35(49)23-25(12-10-21-44-40(42)43)36(50)46-33(39(53)54)19-9-8-18-32(38(52)48-22-11-20-34(48)37(51)45-31)47-41(55)56-24-30-28-15-6-4-13-26(28)27-14-5-7-16-29(27)30/h2-7,13-16,25,30-34H,8-12,17-24H2,1H3,(H,45,51)(H,46,50)(H,47,55)(H,53,54)(H4,42,43,44)/p-1/t25-,31+,32+,33+,34?/m1/s1. The van der Waals surface area contributed by atoms with E-state index in [0.717, 1.165) is 22.3 Å². The molecule has 7 N–H and O–H groups in total. The van der Waals surface area contributed by atoms with Gasteiger partial charge in [-0.2, -0.15) is 0 Å². The van der Waals surface area contributed by atoms with Crippen molar-refractivity contribution < 1.29 is 38.9 Å². The first-order chi connectivity index (χ1) is 27.0. The van der Waals surface area contributed by atoms with Crippen LogP contribution >= 0.6 is 0 Å². The summed E-state index contributed by atoms with van der Waals surface area (Å²) in [5.74, 6) is -4.59. The number of hydrogen-bond donors (Lipinski definition) is 5. The zero-order valence-corrected chi connectivity index (χ0v) is 31.7. The van der Waals surface area contributed by atoms with E-state index in [1.165, 1.54) is 4.90 Å². The van der Waals surface area contributed by atoms with Gasteiger partial charge in [-0.25, -0.2) is 4.79 Å². The fourth-order valence-electron chi connectivity index (χ4n) is 7.80. The highest BCUT2D eigenvalue weighted by Crippen LogP contribution is 2.44. The lowest BCUT2D eigenvalue weighted by atomic mass is 9.91. The molecule has 5 rings (SSSR count). The summed E-state index contributed by atoms with van der Waals surface area (Å²) in [5, 5.41) is 28.8. The second kappa shape index (κ2) is 19.7. The van der Waals surface area contributed by atoms with Crippen LogP contribution in [-0.4, -0.2) is 95.4 Å². The van der Waals surface area contributed by atoms with Gasteiger partial charge in [-0.3, -0.25) is 29.2 Å². The van der Waals surface area contributed by atoms with Crippen LogP contribution in [0.4, 0.5) is 0 Å². The third kappa shape index (κ3) is 10.5. The van der Waals surface area contributed by atoms with Crippen LogP contribution in [0.1, 0.15) is 88.2 Å². The van der Waals surface area contributed by atoms with Crippen LogP contribution in [0.3, 0.4) is 0 Å². The predicted octanol–water partition coefficient (Wildman–Crippen LogP) is 2.11. The van der Waals surface area contributed by atoms with E-state index in [0.29, 0.717) is 19.3 Å². The van der Waals surface area contributed by atoms with E-state index in [1.807, 2.05) is 48.5 Å². The molecule has 0 saturated carbocycles. The Morgan fingerprint density at radius 3 is 2.30 bits per heavy atom. The van der Waals surface area contributed by atoms with E-state index in [4.69, 9.17) is 16.2 Å². The molecule has 2 saturated heterocycles. The maximum Gasteiger partial charge on any atom is 0.326 e. The van der Waals surface area contributed by atoms with Gasteiger partial charge in [0.2, 0.25) is 17.7 Å². The van der Waals surface area contributed by atoms with Crippen molar-refractivity contribution in [1.82, 2.24) is 15.5 Å². The highest BCUT2D eigenvalue weighted by molar-refractivity contribution is 5.96. The van der Waals surface area contributed by atoms with Crippen molar-refractivity contribution in [3.8, 4) is 11.1 Å². The number of hydrogen-bond acceptors (Lipinski definition) is 9. The quantitative estimate of drug-likeness (QED) is 0.102. The Balaban J connectivity index is 1.39. The van der Waals surface area contributed by atoms with Gasteiger partial charge in [0, 0.05) is 38.0 Å². The summed E-state index contributed by atoms with van der Waals surface area (Å²) in [6, 6.07) is 11.4. The molecule has 3 amide bonds. The molecule has 3 aliphatic rings. The van der Waals surface area contributed by atoms with Crippen molar-refractivity contribution >= 4 is 41.5 Å². The van der Waals surface area contributed by atoms with Crippen molar-refractivity contribution in [3.63, 3.8) is 0 Å². The van der Waals surface area contributed by atoms with Crippen LogP contribution in [-0.2, 0) is 28.7 Å². The van der Waals surface area contributed by atoms with Crippen LogP contribution in [0.15, 0.2) is 70.7 Å². The lowest BCUT2D eigenvalue weighted by Crippen LogP contribution is -2.53. The molecule has 300 valence electrons. The van der Waals surface area contributed by atoms with Crippen molar-refractivity contribution in [2.45, 2.75) is 101 Å². The number of Topliss-reactive ketones (excluding diaryl/α,β-unsaturated/α-hetero) is 1. The number of fused-ring (bicyclic) bond motifs is 4. The smallest absolute Gasteiger partial charge is 0.326 e. The van der Waals surface area contributed by atoms with Crippen molar-refractivity contribution in [3.05, 3.63) is 71.8 Å². The first kappa shape index (κ1) is 41.4. The Morgan fingerprint density at radius 2 is 1.64 bits per heavy atom. The topological polar surface area (TPSA) is 242 Å². The molecular weight excluding hydrogens is 718 g/mol. The Kier molecular flexibility index (Phi) is 14.6. The number of nitrogens with one attached hydrogen (secondary N) is 2. The van der Waals surface area contributed by atoms with Gasteiger partial charge >= 0.3 is 5.97 Å². The number of aliphatic carboxylic acids is 1. The molecule has 0 spiro atoms. The molecule has 15 nitrogen and oxygen atoms in total. The summed E-state index contributed by atoms with van der Waals surface area (Å²) < 4.78 is 5.71. The number of amides is 3. The number of carbonyl (C=O) groups excluding carboxylic acids is 4. The number of carboxylic acids is 1. The Hall–Kier alpha value is -5.73. The number of nitrogens with two attached hydrogens (primary N) is 2. The SMILES string of the molecule is CC=CC[C@@H]1NC(=O)C2CCCN2C(=O)[C@@H](N=C([O-])OCC2c3ccccc3-c3ccccc32)CCCC[C@@H](C(=O)O)NC(=O)[C@H](CCCN=C(N)N)CC1=O. The third-order valence-electron chi connectivity index (χ3n) is 10.7. The van der Waals surface area contributed by atoms with Gasteiger partial charge in [0.05, 0.1) is 6.04 Å². The molecule has 2 aromatic carbocycles. The van der Waals surface area contributed by atoms with Gasteiger partial charge in [0.15, 0.2) is 11.7 Å². The molecule has 0 bridgehead atoms. The molecule has 1 aliphatic carbocycles. The summed E-state index contributed by atoms with van der Waals surface area (Å²) in [4.78, 5) is 77.3. The number of allylic oxidation sites excluding steroid dienone is 1. The van der Waals surface area contributed by atoms with E-state index < -0.39 is 65.6 Å². The number of guanidine groups is 1. The van der Waals surface area contributed by atoms with Gasteiger partial charge in [-0.15, -0.1) is 0 Å². The fraction of sp³-hybridized carbons (Fsp3) is 0.488. The van der Waals surface area contributed by atoms with Gasteiger partial charge in [-0.1, -0.05) is 73.5 Å². The van der Waals surface area contributed by atoms with Gasteiger partial charge in [0.1, 0.15) is 24.2 Å². The Morgan fingerprint density at radius 1 is 0.964 bits per heavy atom. The number of benzene rings is 2. The first-order valence-electron chi connectivity index (χ1n) is 19.4. The maximum absolute atomic E-state index is 14.2. The number of nitrogens with zero attached hydrogens (tertiary/aromatic N) is 3. The Labute approximate surface area is 326 Å². The Bertz CT molecular complexity index is 1800. The molecule has 5 atom stereocenters. The molecule has 2 aliphatic heterocycles. The largest absolute Gasteiger partial charge is 0.599 e. The summed E-state index contributed by atoms with van der Waals surface area (Å²) >= 11 is 0. The summed E-state index contributed by atoms with van der Waals surface area (Å²) in [6.45, 7) is 2.23. The van der Waals surface area contributed by atoms with Gasteiger partial charge in [0.25, 0.3) is 0 Å². The number of ketones is 1. The van der Waals surface area contributed by atoms with Crippen LogP contribution in [0.5, 0.6) is 0 Å². The maximum atomic E-state index is 14.2. The summed E-state index contributed by atoms with van der Waals surface area (Å²) in [5.41, 5.74) is 15.0. The van der Waals surface area contributed by atoms with Crippen LogP contribution in [0.2, 0.25) is 0 Å². The number of carbonyl (C=O) groups is 5. The van der Waals surface area contributed by atoms with Crippen molar-refractivity contribution in [2.24, 2.45) is 27.4 Å². The van der Waals surface area contributed by atoms with E-state index >= 15 is 0 Å².